The lowest BCUT2D eigenvalue weighted by molar-refractivity contribution is -0.119. The quantitative estimate of drug-likeness (QED) is 0.355. The molecule has 1 aliphatic carbocycles. The maximum Gasteiger partial charge on any atom is 0.262 e. The van der Waals surface area contributed by atoms with Crippen molar-refractivity contribution in [1.82, 2.24) is 14.9 Å². The second-order valence-electron chi connectivity index (χ2n) is 8.07. The molecule has 1 unspecified atom stereocenters. The smallest absolute Gasteiger partial charge is 0.262 e. The van der Waals surface area contributed by atoms with Gasteiger partial charge in [0.2, 0.25) is 5.91 Å². The van der Waals surface area contributed by atoms with Gasteiger partial charge in [-0.3, -0.25) is 14.2 Å². The summed E-state index contributed by atoms with van der Waals surface area (Å²) in [5.74, 6) is 0.0829. The van der Waals surface area contributed by atoms with E-state index in [9.17, 15) is 14.9 Å². The zero-order valence-corrected chi connectivity index (χ0v) is 18.5. The van der Waals surface area contributed by atoms with E-state index in [0.717, 1.165) is 12.8 Å². The summed E-state index contributed by atoms with van der Waals surface area (Å²) in [4.78, 5) is 30.1. The van der Waals surface area contributed by atoms with Crippen LogP contribution in [0.5, 0.6) is 0 Å². The van der Waals surface area contributed by atoms with Gasteiger partial charge in [0, 0.05) is 13.2 Å². The molecular formula is C22H28N4O3S. The number of carbonyl (C=O) groups excluding carboxylic acids is 1. The normalized spacial score (nSPS) is 15.7. The van der Waals surface area contributed by atoms with Gasteiger partial charge < -0.3 is 10.1 Å². The van der Waals surface area contributed by atoms with Crippen LogP contribution in [-0.4, -0.2) is 39.5 Å². The average molecular weight is 429 g/mol. The first-order valence-electron chi connectivity index (χ1n) is 10.3. The fourth-order valence-electron chi connectivity index (χ4n) is 3.33. The van der Waals surface area contributed by atoms with Crippen molar-refractivity contribution in [3.63, 3.8) is 0 Å². The van der Waals surface area contributed by atoms with Gasteiger partial charge in [-0.25, -0.2) is 4.98 Å². The third-order valence-corrected chi connectivity index (χ3v) is 6.14. The van der Waals surface area contributed by atoms with E-state index < -0.39 is 5.54 Å². The Balaban J connectivity index is 1.75. The zero-order chi connectivity index (χ0) is 21.7. The van der Waals surface area contributed by atoms with Crippen molar-refractivity contribution < 1.29 is 9.53 Å². The summed E-state index contributed by atoms with van der Waals surface area (Å²) >= 11 is 1.22. The Bertz CT molecular complexity index is 1010. The van der Waals surface area contributed by atoms with Crippen LogP contribution < -0.4 is 10.9 Å². The number of fused-ring (bicyclic) bond motifs is 1. The van der Waals surface area contributed by atoms with Crippen LogP contribution in [0.25, 0.3) is 10.9 Å². The molecule has 1 amide bonds. The van der Waals surface area contributed by atoms with Crippen LogP contribution in [0.2, 0.25) is 0 Å². The third kappa shape index (κ3) is 5.41. The number of rotatable bonds is 10. The molecule has 3 rings (SSSR count). The van der Waals surface area contributed by atoms with E-state index >= 15 is 0 Å². The molecule has 1 fully saturated rings. The molecule has 0 spiro atoms. The van der Waals surface area contributed by atoms with Gasteiger partial charge >= 0.3 is 0 Å². The second kappa shape index (κ2) is 9.63. The molecule has 1 aromatic heterocycles. The number of ether oxygens (including phenoxy) is 1. The molecule has 160 valence electrons. The summed E-state index contributed by atoms with van der Waals surface area (Å²) < 4.78 is 7.21. The van der Waals surface area contributed by atoms with E-state index in [1.807, 2.05) is 26.0 Å². The predicted molar refractivity (Wildman–Crippen MR) is 117 cm³/mol. The number of para-hydroxylation sites is 1. The Morgan fingerprint density at radius 3 is 2.83 bits per heavy atom. The number of nitriles is 1. The van der Waals surface area contributed by atoms with Crippen LogP contribution >= 0.6 is 11.8 Å². The first-order chi connectivity index (χ1) is 14.3. The highest BCUT2D eigenvalue weighted by molar-refractivity contribution is 7.99. The number of nitrogens with zero attached hydrogens (tertiary/aromatic N) is 3. The Morgan fingerprint density at radius 1 is 1.43 bits per heavy atom. The van der Waals surface area contributed by atoms with Gasteiger partial charge in [0.1, 0.15) is 5.54 Å². The first kappa shape index (κ1) is 22.3. The topological polar surface area (TPSA) is 97.0 Å². The first-order valence-corrected chi connectivity index (χ1v) is 11.3. The minimum absolute atomic E-state index is 0.0945. The van der Waals surface area contributed by atoms with Crippen LogP contribution in [0.4, 0.5) is 0 Å². The fraction of sp³-hybridized carbons (Fsp3) is 0.545. The Morgan fingerprint density at radius 2 is 2.17 bits per heavy atom. The molecule has 1 N–H and O–H groups in total. The lowest BCUT2D eigenvalue weighted by Gasteiger charge is -2.22. The van der Waals surface area contributed by atoms with E-state index in [1.165, 1.54) is 11.8 Å². The number of benzene rings is 1. The molecule has 0 radical (unpaired) electrons. The van der Waals surface area contributed by atoms with Crippen LogP contribution in [0, 0.1) is 17.2 Å². The Labute approximate surface area is 180 Å². The zero-order valence-electron chi connectivity index (χ0n) is 17.7. The molecule has 30 heavy (non-hydrogen) atoms. The van der Waals surface area contributed by atoms with Crippen LogP contribution in [0.15, 0.2) is 34.2 Å². The Hall–Kier alpha value is -2.37. The van der Waals surface area contributed by atoms with Gasteiger partial charge in [-0.05, 0) is 58.1 Å². The molecule has 7 nitrogen and oxygen atoms in total. The molecule has 1 aromatic carbocycles. The van der Waals surface area contributed by atoms with Gasteiger partial charge in [-0.2, -0.15) is 5.26 Å². The summed E-state index contributed by atoms with van der Waals surface area (Å²) in [6.07, 6.45) is 2.73. The van der Waals surface area contributed by atoms with Gasteiger partial charge in [0.25, 0.3) is 5.56 Å². The largest absolute Gasteiger partial charge is 0.379 e. The van der Waals surface area contributed by atoms with Gasteiger partial charge in [0.15, 0.2) is 5.16 Å². The van der Waals surface area contributed by atoms with Crippen molar-refractivity contribution in [3.05, 3.63) is 34.6 Å². The van der Waals surface area contributed by atoms with Crippen LogP contribution in [-0.2, 0) is 16.1 Å². The fourth-order valence-corrected chi connectivity index (χ4v) is 4.16. The molecule has 0 bridgehead atoms. The number of hydrogen-bond donors (Lipinski definition) is 1. The monoisotopic (exact) mass is 428 g/mol. The van der Waals surface area contributed by atoms with Crippen molar-refractivity contribution in [1.29, 1.82) is 5.26 Å². The van der Waals surface area contributed by atoms with Gasteiger partial charge in [0.05, 0.1) is 28.8 Å². The summed E-state index contributed by atoms with van der Waals surface area (Å²) in [6, 6.07) is 9.45. The second-order valence-corrected chi connectivity index (χ2v) is 9.01. The maximum atomic E-state index is 13.0. The molecule has 8 heteroatoms. The van der Waals surface area contributed by atoms with E-state index in [2.05, 4.69) is 16.4 Å². The molecule has 0 saturated heterocycles. The van der Waals surface area contributed by atoms with Crippen LogP contribution in [0.3, 0.4) is 0 Å². The van der Waals surface area contributed by atoms with E-state index in [-0.39, 0.29) is 29.2 Å². The summed E-state index contributed by atoms with van der Waals surface area (Å²) in [6.45, 7) is 6.72. The lowest BCUT2D eigenvalue weighted by atomic mass is 9.98. The summed E-state index contributed by atoms with van der Waals surface area (Å²) in [5, 5.41) is 13.4. The molecule has 1 heterocycles. The standard InChI is InChI=1S/C22H28N4O3S/c1-15(2)29-12-6-11-26-20(28)17-7-4-5-8-18(17)24-21(26)30-13-19(27)25-22(3,14-23)16-9-10-16/h4-5,7-8,15-16H,6,9-13H2,1-3H3,(H,25,27). The highest BCUT2D eigenvalue weighted by Gasteiger charge is 2.42. The number of nitrogens with one attached hydrogen (secondary N) is 1. The molecular weight excluding hydrogens is 400 g/mol. The number of hydrogen-bond acceptors (Lipinski definition) is 6. The number of amides is 1. The van der Waals surface area contributed by atoms with Gasteiger partial charge in [-0.15, -0.1) is 0 Å². The summed E-state index contributed by atoms with van der Waals surface area (Å²) in [7, 11) is 0. The molecule has 1 saturated carbocycles. The Kier molecular flexibility index (Phi) is 7.16. The highest BCUT2D eigenvalue weighted by Crippen LogP contribution is 2.39. The van der Waals surface area contributed by atoms with Crippen molar-refractivity contribution >= 4 is 28.6 Å². The van der Waals surface area contributed by atoms with Crippen molar-refractivity contribution in [3.8, 4) is 6.07 Å². The average Bonchev–Trinajstić information content (AvgIpc) is 3.57. The van der Waals surface area contributed by atoms with E-state index in [4.69, 9.17) is 4.74 Å². The van der Waals surface area contributed by atoms with Crippen molar-refractivity contribution in [2.45, 2.75) is 63.4 Å². The molecule has 0 aliphatic heterocycles. The SMILES string of the molecule is CC(C)OCCCn1c(SCC(=O)NC(C)(C#N)C2CC2)nc2ccccc2c1=O. The van der Waals surface area contributed by atoms with E-state index in [0.29, 0.717) is 35.6 Å². The maximum absolute atomic E-state index is 13.0. The molecule has 1 aliphatic rings. The number of carbonyl (C=O) groups is 1. The minimum Gasteiger partial charge on any atom is -0.379 e. The van der Waals surface area contributed by atoms with Crippen molar-refractivity contribution in [2.75, 3.05) is 12.4 Å². The van der Waals surface area contributed by atoms with Gasteiger partial charge in [-0.1, -0.05) is 23.9 Å². The highest BCUT2D eigenvalue weighted by atomic mass is 32.2. The number of thioether (sulfide) groups is 1. The number of aromatic nitrogens is 2. The van der Waals surface area contributed by atoms with Crippen molar-refractivity contribution in [2.24, 2.45) is 5.92 Å². The van der Waals surface area contributed by atoms with Crippen LogP contribution in [0.1, 0.15) is 40.0 Å². The van der Waals surface area contributed by atoms with E-state index in [1.54, 1.807) is 23.6 Å². The lowest BCUT2D eigenvalue weighted by Crippen LogP contribution is -2.47. The molecule has 1 atom stereocenters. The molecule has 2 aromatic rings. The minimum atomic E-state index is -0.831. The predicted octanol–water partition coefficient (Wildman–Crippen LogP) is 3.11. The summed E-state index contributed by atoms with van der Waals surface area (Å²) in [5.41, 5.74) is -0.338. The third-order valence-electron chi connectivity index (χ3n) is 5.16.